The maximum absolute atomic E-state index is 12.5. The van der Waals surface area contributed by atoms with Crippen LogP contribution in [0.1, 0.15) is 309 Å². The maximum atomic E-state index is 12.5. The van der Waals surface area contributed by atoms with Crippen molar-refractivity contribution in [2.45, 2.75) is 321 Å². The van der Waals surface area contributed by atoms with Crippen LogP contribution in [-0.4, -0.2) is 47.4 Å². The average molecular weight is 903 g/mol. The molecule has 6 heteroatoms. The van der Waals surface area contributed by atoms with Gasteiger partial charge in [0.1, 0.15) is 0 Å². The Labute approximate surface area is 399 Å². The van der Waals surface area contributed by atoms with Crippen LogP contribution in [0.15, 0.2) is 24.3 Å². The van der Waals surface area contributed by atoms with Crippen LogP contribution in [0.25, 0.3) is 0 Å². The summed E-state index contributed by atoms with van der Waals surface area (Å²) in [5.74, 6) is -0.0788. The highest BCUT2D eigenvalue weighted by Crippen LogP contribution is 2.17. The van der Waals surface area contributed by atoms with E-state index in [1.165, 1.54) is 205 Å². The Bertz CT molecular complexity index is 997. The van der Waals surface area contributed by atoms with Crippen molar-refractivity contribution in [1.29, 1.82) is 0 Å². The molecule has 0 fully saturated rings. The van der Waals surface area contributed by atoms with Crippen molar-refractivity contribution < 1.29 is 24.5 Å². The molecule has 0 saturated heterocycles. The van der Waals surface area contributed by atoms with Crippen LogP contribution in [0.3, 0.4) is 0 Å². The molecule has 0 aliphatic heterocycles. The van der Waals surface area contributed by atoms with Gasteiger partial charge < -0.3 is 20.3 Å². The normalized spacial score (nSPS) is 12.8. The number of aliphatic hydroxyl groups excluding tert-OH is 2. The van der Waals surface area contributed by atoms with Crippen molar-refractivity contribution in [2.24, 2.45) is 0 Å². The molecule has 0 saturated carbocycles. The van der Waals surface area contributed by atoms with E-state index in [9.17, 15) is 19.8 Å². The number of rotatable bonds is 53. The lowest BCUT2D eigenvalue weighted by molar-refractivity contribution is -0.143. The molecule has 6 nitrogen and oxygen atoms in total. The molecular weight excluding hydrogens is 791 g/mol. The Kier molecular flexibility index (Phi) is 52.6. The number of hydrogen-bond acceptors (Lipinski definition) is 5. The molecule has 2 unspecified atom stereocenters. The van der Waals surface area contributed by atoms with Crippen LogP contribution in [0.2, 0.25) is 0 Å². The predicted molar refractivity (Wildman–Crippen MR) is 278 cm³/mol. The first-order valence-electron chi connectivity index (χ1n) is 28.6. The summed E-state index contributed by atoms with van der Waals surface area (Å²) in [4.78, 5) is 24.5. The van der Waals surface area contributed by atoms with Crippen molar-refractivity contribution >= 4 is 11.9 Å². The molecule has 0 heterocycles. The number of hydrogen-bond donors (Lipinski definition) is 3. The van der Waals surface area contributed by atoms with E-state index in [0.717, 1.165) is 70.6 Å². The van der Waals surface area contributed by atoms with Gasteiger partial charge in [0.05, 0.1) is 25.4 Å². The van der Waals surface area contributed by atoms with E-state index >= 15 is 0 Å². The Balaban J connectivity index is 3.48. The van der Waals surface area contributed by atoms with Gasteiger partial charge in [0.25, 0.3) is 0 Å². The Morgan fingerprint density at radius 2 is 0.734 bits per heavy atom. The zero-order valence-electron chi connectivity index (χ0n) is 43.0. The van der Waals surface area contributed by atoms with Gasteiger partial charge in [0.2, 0.25) is 5.91 Å². The van der Waals surface area contributed by atoms with Crippen molar-refractivity contribution in [1.82, 2.24) is 5.32 Å². The van der Waals surface area contributed by atoms with Crippen molar-refractivity contribution in [3.63, 3.8) is 0 Å². The summed E-state index contributed by atoms with van der Waals surface area (Å²) in [7, 11) is 0. The highest BCUT2D eigenvalue weighted by atomic mass is 16.5. The second-order valence-electron chi connectivity index (χ2n) is 19.6. The summed E-state index contributed by atoms with van der Waals surface area (Å²) >= 11 is 0. The topological polar surface area (TPSA) is 95.9 Å². The second kappa shape index (κ2) is 54.0. The maximum Gasteiger partial charge on any atom is 0.305 e. The number of amides is 1. The molecule has 0 aliphatic rings. The molecule has 64 heavy (non-hydrogen) atoms. The summed E-state index contributed by atoms with van der Waals surface area (Å²) in [6, 6.07) is -0.562. The minimum absolute atomic E-state index is 0.0155. The molecule has 0 aliphatic carbocycles. The van der Waals surface area contributed by atoms with Gasteiger partial charge in [-0.05, 0) is 77.0 Å². The molecule has 0 aromatic heterocycles. The van der Waals surface area contributed by atoms with E-state index in [1.54, 1.807) is 0 Å². The molecule has 378 valence electrons. The predicted octanol–water partition coefficient (Wildman–Crippen LogP) is 17.5. The summed E-state index contributed by atoms with van der Waals surface area (Å²) in [5.41, 5.74) is 0. The first-order valence-corrected chi connectivity index (χ1v) is 28.6. The monoisotopic (exact) mass is 902 g/mol. The van der Waals surface area contributed by atoms with Crippen molar-refractivity contribution in [2.75, 3.05) is 13.2 Å². The van der Waals surface area contributed by atoms with Crippen LogP contribution >= 0.6 is 0 Å². The molecule has 0 aromatic rings. The molecule has 2 atom stereocenters. The number of nitrogens with one attached hydrogen (secondary N) is 1. The largest absolute Gasteiger partial charge is 0.466 e. The molecule has 1 amide bonds. The quantitative estimate of drug-likeness (QED) is 0.0321. The van der Waals surface area contributed by atoms with E-state index in [-0.39, 0.29) is 18.5 Å². The zero-order valence-corrected chi connectivity index (χ0v) is 43.0. The first-order chi connectivity index (χ1) is 31.5. The summed E-state index contributed by atoms with van der Waals surface area (Å²) < 4.78 is 5.47. The molecule has 0 spiro atoms. The first kappa shape index (κ1) is 62.3. The van der Waals surface area contributed by atoms with Gasteiger partial charge in [-0.2, -0.15) is 0 Å². The Morgan fingerprint density at radius 1 is 0.422 bits per heavy atom. The van der Waals surface area contributed by atoms with Crippen LogP contribution < -0.4 is 5.32 Å². The van der Waals surface area contributed by atoms with Gasteiger partial charge in [0.15, 0.2) is 0 Å². The van der Waals surface area contributed by atoms with E-state index in [1.807, 2.05) is 0 Å². The zero-order chi connectivity index (χ0) is 46.5. The smallest absolute Gasteiger partial charge is 0.305 e. The number of carbonyl (C=O) groups is 2. The second-order valence-corrected chi connectivity index (χ2v) is 19.6. The van der Waals surface area contributed by atoms with Gasteiger partial charge >= 0.3 is 5.97 Å². The Morgan fingerprint density at radius 3 is 1.12 bits per heavy atom. The molecule has 0 radical (unpaired) electrons. The number of allylic oxidation sites excluding steroid dienone is 4. The summed E-state index contributed by atoms with van der Waals surface area (Å²) in [6.07, 6.45) is 64.5. The van der Waals surface area contributed by atoms with Crippen molar-refractivity contribution in [3.05, 3.63) is 24.3 Å². The number of carbonyl (C=O) groups excluding carboxylic acids is 2. The van der Waals surface area contributed by atoms with Crippen LogP contribution in [0, 0.1) is 0 Å². The molecule has 0 bridgehead atoms. The van der Waals surface area contributed by atoms with Crippen molar-refractivity contribution in [3.8, 4) is 0 Å². The number of unbranched alkanes of at least 4 members (excludes halogenated alkanes) is 38. The van der Waals surface area contributed by atoms with Gasteiger partial charge in [-0.15, -0.1) is 0 Å². The van der Waals surface area contributed by atoms with Crippen LogP contribution in [0.4, 0.5) is 0 Å². The lowest BCUT2D eigenvalue weighted by Crippen LogP contribution is -2.45. The number of ether oxygens (including phenoxy) is 1. The molecule has 0 rings (SSSR count). The van der Waals surface area contributed by atoms with Gasteiger partial charge in [-0.3, -0.25) is 9.59 Å². The number of esters is 1. The lowest BCUT2D eigenvalue weighted by atomic mass is 10.0. The third-order valence-corrected chi connectivity index (χ3v) is 13.2. The van der Waals surface area contributed by atoms with Gasteiger partial charge in [-0.25, -0.2) is 0 Å². The number of aliphatic hydroxyl groups is 2. The van der Waals surface area contributed by atoms with Gasteiger partial charge in [-0.1, -0.05) is 244 Å². The van der Waals surface area contributed by atoms with Gasteiger partial charge in [0, 0.05) is 12.8 Å². The summed E-state index contributed by atoms with van der Waals surface area (Å²) in [5, 5.41) is 23.3. The van der Waals surface area contributed by atoms with E-state index in [2.05, 4.69) is 43.5 Å². The Hall–Kier alpha value is -1.66. The molecule has 3 N–H and O–H groups in total. The fraction of sp³-hybridized carbons (Fsp3) is 0.897. The highest BCUT2D eigenvalue weighted by molar-refractivity contribution is 5.76. The minimum Gasteiger partial charge on any atom is -0.466 e. The fourth-order valence-corrected chi connectivity index (χ4v) is 8.81. The highest BCUT2D eigenvalue weighted by Gasteiger charge is 2.20. The standard InChI is InChI=1S/C58H111NO5/c1-3-5-7-9-11-13-15-17-19-21-23-26-30-34-38-42-46-50-56(61)55(54-60)59-57(62)51-47-43-39-35-31-27-25-29-33-37-41-45-49-53-64-58(63)52-48-44-40-36-32-28-24-22-20-18-16-14-12-10-8-6-4-2/h18,20,27,31,55-56,60-61H,3-17,19,21-26,28-30,32-54H2,1-2H3,(H,59,62)/b20-18-,31-27-. The van der Waals surface area contributed by atoms with Crippen LogP contribution in [-0.2, 0) is 14.3 Å². The van der Waals surface area contributed by atoms with E-state index < -0.39 is 12.1 Å². The summed E-state index contributed by atoms with van der Waals surface area (Å²) in [6.45, 7) is 4.92. The SMILES string of the molecule is CCCCCCCC/C=C\CCCCCCCCCC(=O)OCCCCCCCC/C=C\CCCCCC(=O)NC(CO)C(O)CCCCCCCCCCCCCCCCCCC. The molecule has 0 aromatic carbocycles. The fourth-order valence-electron chi connectivity index (χ4n) is 8.81. The average Bonchev–Trinajstić information content (AvgIpc) is 3.29. The third-order valence-electron chi connectivity index (χ3n) is 13.2. The molecular formula is C58H111NO5. The minimum atomic E-state index is -0.682. The van der Waals surface area contributed by atoms with E-state index in [4.69, 9.17) is 4.74 Å². The van der Waals surface area contributed by atoms with Crippen LogP contribution in [0.5, 0.6) is 0 Å². The third kappa shape index (κ3) is 49.8. The van der Waals surface area contributed by atoms with E-state index in [0.29, 0.717) is 25.9 Å². The lowest BCUT2D eigenvalue weighted by Gasteiger charge is -2.22.